The standard InChI is InChI=1S/C38H52Cl2N2O5S2/c1-3-5-6-7-8-9-10-11-12-13-14-15-26-38(47-31-20-18-30(39)19-21-31,29-16-22-32(23-17-29)49(44,45)33-24-25-33)28-41-37-42-34(36(40)48-37)27-35(43)46-4-2/h16-23,33H,3-15,24-28H2,1-2H3,(H,41,42). The monoisotopic (exact) mass is 750 g/mol. The lowest BCUT2D eigenvalue weighted by atomic mass is 9.87. The molecule has 270 valence electrons. The molecular formula is C38H52Cl2N2O5S2. The fourth-order valence-electron chi connectivity index (χ4n) is 6.06. The first-order chi connectivity index (χ1) is 23.7. The number of anilines is 1. The highest BCUT2D eigenvalue weighted by molar-refractivity contribution is 7.92. The number of thiazole rings is 1. The van der Waals surface area contributed by atoms with Crippen LogP contribution in [0.2, 0.25) is 9.36 Å². The summed E-state index contributed by atoms with van der Waals surface area (Å²) in [4.78, 5) is 17.1. The van der Waals surface area contributed by atoms with Crippen LogP contribution in [0.4, 0.5) is 5.13 Å². The van der Waals surface area contributed by atoms with Crippen LogP contribution in [0.1, 0.15) is 121 Å². The highest BCUT2D eigenvalue weighted by atomic mass is 35.5. The Labute approximate surface area is 307 Å². The van der Waals surface area contributed by atoms with Crippen molar-refractivity contribution in [2.24, 2.45) is 0 Å². The summed E-state index contributed by atoms with van der Waals surface area (Å²) in [6.07, 6.45) is 17.0. The molecule has 1 unspecified atom stereocenters. The average Bonchev–Trinajstić information content (AvgIpc) is 3.90. The highest BCUT2D eigenvalue weighted by Gasteiger charge is 2.38. The van der Waals surface area contributed by atoms with Crippen molar-refractivity contribution in [3.8, 4) is 5.75 Å². The van der Waals surface area contributed by atoms with E-state index >= 15 is 0 Å². The summed E-state index contributed by atoms with van der Waals surface area (Å²) < 4.78 is 38.5. The molecule has 1 fully saturated rings. The number of nitrogens with one attached hydrogen (secondary N) is 1. The molecule has 0 bridgehead atoms. The Morgan fingerprint density at radius 3 is 2.04 bits per heavy atom. The van der Waals surface area contributed by atoms with Gasteiger partial charge in [0.1, 0.15) is 10.1 Å². The van der Waals surface area contributed by atoms with Crippen LogP contribution in [0.3, 0.4) is 0 Å². The summed E-state index contributed by atoms with van der Waals surface area (Å²) in [5, 5.41) is 4.34. The Hall–Kier alpha value is -2.33. The lowest BCUT2D eigenvalue weighted by Crippen LogP contribution is -2.40. The zero-order valence-corrected chi connectivity index (χ0v) is 32.1. The van der Waals surface area contributed by atoms with Crippen LogP contribution in [-0.2, 0) is 31.4 Å². The van der Waals surface area contributed by atoms with Crippen LogP contribution in [0.25, 0.3) is 0 Å². The van der Waals surface area contributed by atoms with E-state index in [9.17, 15) is 13.2 Å². The first-order valence-corrected chi connectivity index (χ1v) is 21.1. The molecule has 3 aromatic rings. The van der Waals surface area contributed by atoms with Crippen LogP contribution < -0.4 is 10.1 Å². The van der Waals surface area contributed by atoms with Crippen molar-refractivity contribution >= 4 is 55.5 Å². The molecule has 2 aromatic carbocycles. The quantitative estimate of drug-likeness (QED) is 0.0719. The summed E-state index contributed by atoms with van der Waals surface area (Å²) in [6, 6.07) is 14.5. The van der Waals surface area contributed by atoms with Gasteiger partial charge in [-0.25, -0.2) is 13.4 Å². The Morgan fingerprint density at radius 1 is 0.878 bits per heavy atom. The summed E-state index contributed by atoms with van der Waals surface area (Å²) in [6.45, 7) is 4.64. The number of sulfone groups is 1. The first-order valence-electron chi connectivity index (χ1n) is 18.0. The van der Waals surface area contributed by atoms with E-state index in [0.29, 0.717) is 56.6 Å². The minimum absolute atomic E-state index is 0.00689. The molecule has 1 N–H and O–H groups in total. The zero-order valence-electron chi connectivity index (χ0n) is 29.0. The molecule has 0 saturated heterocycles. The molecule has 49 heavy (non-hydrogen) atoms. The number of nitrogens with zero attached hydrogens (tertiary/aromatic N) is 1. The van der Waals surface area contributed by atoms with Crippen LogP contribution in [0, 0.1) is 0 Å². The Balaban J connectivity index is 1.51. The van der Waals surface area contributed by atoms with Crippen molar-refractivity contribution in [2.75, 3.05) is 18.5 Å². The predicted molar refractivity (Wildman–Crippen MR) is 202 cm³/mol. The fraction of sp³-hybridized carbons (Fsp3) is 0.579. The van der Waals surface area contributed by atoms with E-state index in [4.69, 9.17) is 32.7 Å². The third-order valence-corrected chi connectivity index (χ3v) is 12.8. The minimum Gasteiger partial charge on any atom is -0.481 e. The smallest absolute Gasteiger partial charge is 0.311 e. The van der Waals surface area contributed by atoms with Crippen molar-refractivity contribution in [1.29, 1.82) is 0 Å². The summed E-state index contributed by atoms with van der Waals surface area (Å²) in [5.41, 5.74) is 0.461. The maximum Gasteiger partial charge on any atom is 0.311 e. The van der Waals surface area contributed by atoms with E-state index in [0.717, 1.165) is 24.8 Å². The van der Waals surface area contributed by atoms with Crippen molar-refractivity contribution < 1.29 is 22.7 Å². The lowest BCUT2D eigenvalue weighted by molar-refractivity contribution is -0.142. The molecule has 1 heterocycles. The van der Waals surface area contributed by atoms with Gasteiger partial charge < -0.3 is 14.8 Å². The van der Waals surface area contributed by atoms with E-state index in [-0.39, 0.29) is 24.2 Å². The molecule has 1 aromatic heterocycles. The molecule has 1 atom stereocenters. The number of esters is 1. The Kier molecular flexibility index (Phi) is 16.0. The fourth-order valence-corrected chi connectivity index (χ4v) is 8.88. The van der Waals surface area contributed by atoms with Gasteiger partial charge in [-0.1, -0.05) is 124 Å². The van der Waals surface area contributed by atoms with Crippen LogP contribution in [0.5, 0.6) is 5.75 Å². The second kappa shape index (κ2) is 19.9. The third-order valence-electron chi connectivity index (χ3n) is 9.03. The summed E-state index contributed by atoms with van der Waals surface area (Å²) in [7, 11) is -3.34. The van der Waals surface area contributed by atoms with Crippen LogP contribution in [-0.4, -0.2) is 37.8 Å². The summed E-state index contributed by atoms with van der Waals surface area (Å²) in [5.74, 6) is 0.273. The van der Waals surface area contributed by atoms with E-state index in [1.807, 2.05) is 24.3 Å². The van der Waals surface area contributed by atoms with Crippen molar-refractivity contribution in [3.63, 3.8) is 0 Å². The van der Waals surface area contributed by atoms with Gasteiger partial charge in [0.05, 0.1) is 35.4 Å². The normalized spacial score (nSPS) is 14.4. The predicted octanol–water partition coefficient (Wildman–Crippen LogP) is 11.0. The Bertz CT molecular complexity index is 1540. The van der Waals surface area contributed by atoms with Gasteiger partial charge in [0.2, 0.25) is 0 Å². The molecule has 1 aliphatic rings. The largest absolute Gasteiger partial charge is 0.481 e. The van der Waals surface area contributed by atoms with Crippen molar-refractivity contribution in [1.82, 2.24) is 4.98 Å². The molecule has 4 rings (SSSR count). The number of aromatic nitrogens is 1. The lowest BCUT2D eigenvalue weighted by Gasteiger charge is -2.36. The third kappa shape index (κ3) is 12.4. The van der Waals surface area contributed by atoms with Crippen LogP contribution >= 0.6 is 34.5 Å². The topological polar surface area (TPSA) is 94.6 Å². The molecule has 0 radical (unpaired) electrons. The molecule has 1 saturated carbocycles. The molecule has 1 aliphatic carbocycles. The van der Waals surface area contributed by atoms with E-state index < -0.39 is 15.4 Å². The highest BCUT2D eigenvalue weighted by Crippen LogP contribution is 2.38. The number of ether oxygens (including phenoxy) is 2. The van der Waals surface area contributed by atoms with Gasteiger partial charge in [-0.2, -0.15) is 0 Å². The van der Waals surface area contributed by atoms with Gasteiger partial charge in [0.25, 0.3) is 0 Å². The molecule has 11 heteroatoms. The molecule has 0 spiro atoms. The number of halogens is 2. The van der Waals surface area contributed by atoms with E-state index in [1.165, 1.54) is 69.1 Å². The second-order valence-corrected chi connectivity index (χ2v) is 17.3. The zero-order chi connectivity index (χ0) is 35.1. The molecule has 0 amide bonds. The van der Waals surface area contributed by atoms with Gasteiger partial charge in [-0.3, -0.25) is 4.79 Å². The number of unbranched alkanes of at least 4 members (excludes halogenated alkanes) is 11. The number of hydrogen-bond donors (Lipinski definition) is 1. The van der Waals surface area contributed by atoms with Gasteiger partial charge in [-0.05, 0) is 74.6 Å². The average molecular weight is 752 g/mol. The number of rotatable bonds is 24. The van der Waals surface area contributed by atoms with Crippen molar-refractivity contribution in [3.05, 3.63) is 69.1 Å². The molecular weight excluding hydrogens is 699 g/mol. The van der Waals surface area contributed by atoms with Crippen molar-refractivity contribution in [2.45, 2.75) is 132 Å². The maximum absolute atomic E-state index is 13.0. The van der Waals surface area contributed by atoms with Gasteiger partial charge in [0.15, 0.2) is 20.6 Å². The number of carbonyl (C=O) groups excluding carboxylic acids is 1. The maximum atomic E-state index is 13.0. The van der Waals surface area contributed by atoms with Crippen LogP contribution in [0.15, 0.2) is 53.4 Å². The molecule has 0 aliphatic heterocycles. The number of hydrogen-bond acceptors (Lipinski definition) is 8. The minimum atomic E-state index is -3.34. The van der Waals surface area contributed by atoms with Gasteiger partial charge in [-0.15, -0.1) is 0 Å². The van der Waals surface area contributed by atoms with Gasteiger partial charge >= 0.3 is 5.97 Å². The SMILES string of the molecule is CCCCCCCCCCCCCCC(CNc1nc(CC(=O)OCC)c(Cl)s1)(Oc1ccc(Cl)cc1)c1ccc(S(=O)(=O)C2CC2)cc1. The van der Waals surface area contributed by atoms with Gasteiger partial charge in [0, 0.05) is 5.02 Å². The summed E-state index contributed by atoms with van der Waals surface area (Å²) >= 11 is 14.0. The number of carbonyl (C=O) groups is 1. The van der Waals surface area contributed by atoms with E-state index in [1.54, 1.807) is 31.2 Å². The second-order valence-electron chi connectivity index (χ2n) is 13.0. The molecule has 7 nitrogen and oxygen atoms in total. The first kappa shape index (κ1) is 39.5. The van der Waals surface area contributed by atoms with E-state index in [2.05, 4.69) is 17.2 Å². The Morgan fingerprint density at radius 2 is 1.47 bits per heavy atom. The number of benzene rings is 2.